The second-order valence-electron chi connectivity index (χ2n) is 2.51. The van der Waals surface area contributed by atoms with E-state index in [4.69, 9.17) is 0 Å². The van der Waals surface area contributed by atoms with Crippen molar-refractivity contribution in [1.29, 1.82) is 0 Å². The van der Waals surface area contributed by atoms with Crippen molar-refractivity contribution in [1.82, 2.24) is 0 Å². The monoisotopic (exact) mass is 247 g/mol. The van der Waals surface area contributed by atoms with E-state index in [-0.39, 0.29) is 44.0 Å². The smallest absolute Gasteiger partial charge is 0.183 e. The normalized spacial score (nSPS) is 11.4. The second-order valence-corrected chi connectivity index (χ2v) is 2.51. The molecule has 0 amide bonds. The van der Waals surface area contributed by atoms with Crippen LogP contribution in [0.15, 0.2) is 18.2 Å². The largest absolute Gasteiger partial charge is 1.00 e. The first-order valence-corrected chi connectivity index (χ1v) is 3.37. The summed E-state index contributed by atoms with van der Waals surface area (Å²) >= 11 is 0. The van der Waals surface area contributed by atoms with Crippen molar-refractivity contribution in [2.24, 2.45) is 0 Å². The zero-order valence-electron chi connectivity index (χ0n) is 8.08. The van der Waals surface area contributed by atoms with Gasteiger partial charge in [0.1, 0.15) is 0 Å². The summed E-state index contributed by atoms with van der Waals surface area (Å²) in [5.74, 6) is 0. The summed E-state index contributed by atoms with van der Waals surface area (Å²) in [4.78, 5) is 0. The van der Waals surface area contributed by atoms with E-state index in [1.807, 2.05) is 0 Å². The topological polar surface area (TPSA) is 0 Å². The minimum atomic E-state index is -4.78. The van der Waals surface area contributed by atoms with Crippen LogP contribution in [0.25, 0.3) is 0 Å². The first kappa shape index (κ1) is 18.2. The Kier molecular flexibility index (Phi) is 6.81. The molecule has 0 heterocycles. The van der Waals surface area contributed by atoms with Crippen LogP contribution in [0.2, 0.25) is 0 Å². The summed E-state index contributed by atoms with van der Waals surface area (Å²) in [6, 6.07) is 2.79. The Labute approximate surface area is 112 Å². The van der Waals surface area contributed by atoms with Gasteiger partial charge in [-0.15, -0.1) is 6.07 Å². The fourth-order valence-corrected chi connectivity index (χ4v) is 0.799. The molecular formula is C8H3BF6Na. The van der Waals surface area contributed by atoms with E-state index in [2.05, 4.69) is 0 Å². The molecule has 0 aromatic heterocycles. The molecule has 1 aromatic carbocycles. The van der Waals surface area contributed by atoms with Crippen molar-refractivity contribution in [3.05, 3.63) is 35.4 Å². The second kappa shape index (κ2) is 5.98. The predicted molar refractivity (Wildman–Crippen MR) is 41.0 cm³/mol. The average Bonchev–Trinajstić information content (AvgIpc) is 2.01. The molecule has 0 saturated heterocycles. The molecule has 16 heavy (non-hydrogen) atoms. The van der Waals surface area contributed by atoms with Crippen molar-refractivity contribution in [2.75, 3.05) is 0 Å². The van der Waals surface area contributed by atoms with Crippen molar-refractivity contribution >= 4 is 8.41 Å². The number of alkyl halides is 6. The van der Waals surface area contributed by atoms with E-state index in [1.54, 1.807) is 6.07 Å². The Bertz CT molecular complexity index is 303. The van der Waals surface area contributed by atoms with Crippen LogP contribution in [-0.4, -0.2) is 8.41 Å². The predicted octanol–water partition coefficient (Wildman–Crippen LogP) is 0.148. The van der Waals surface area contributed by atoms with Crippen LogP contribution in [0.5, 0.6) is 0 Å². The van der Waals surface area contributed by atoms with E-state index < -0.39 is 23.5 Å². The van der Waals surface area contributed by atoms with Gasteiger partial charge in [-0.3, -0.25) is 0 Å². The fourth-order valence-electron chi connectivity index (χ4n) is 0.799. The van der Waals surface area contributed by atoms with Gasteiger partial charge in [0.25, 0.3) is 0 Å². The van der Waals surface area contributed by atoms with Gasteiger partial charge in [0.05, 0.1) is 0 Å². The SMILES string of the molecule is FC(F)(F)c1c[c-]cc(C(F)(F)F)c1.[B].[Na+]. The standard InChI is InChI=1S/C8H3F6.B.Na/c9-7(10,11)5-2-1-3-6(4-5)8(12,13)14;;/h2-4H;;/q-1;;+1. The summed E-state index contributed by atoms with van der Waals surface area (Å²) in [5.41, 5.74) is -2.71. The summed E-state index contributed by atoms with van der Waals surface area (Å²) in [5, 5.41) is 0. The molecule has 8 heteroatoms. The molecular weight excluding hydrogens is 244 g/mol. The average molecular weight is 247 g/mol. The maximum atomic E-state index is 12.0. The fraction of sp³-hybridized carbons (Fsp3) is 0.250. The van der Waals surface area contributed by atoms with E-state index >= 15 is 0 Å². The minimum Gasteiger partial charge on any atom is -0.183 e. The number of halogens is 6. The maximum absolute atomic E-state index is 12.0. The molecule has 0 unspecified atom stereocenters. The first-order chi connectivity index (χ1) is 6.21. The Balaban J connectivity index is 0. The van der Waals surface area contributed by atoms with Crippen molar-refractivity contribution in [2.45, 2.75) is 12.4 Å². The van der Waals surface area contributed by atoms with Gasteiger partial charge < -0.3 is 0 Å². The van der Waals surface area contributed by atoms with Crippen LogP contribution in [-0.2, 0) is 12.4 Å². The Morgan fingerprint density at radius 2 is 1.12 bits per heavy atom. The van der Waals surface area contributed by atoms with Crippen LogP contribution in [0, 0.1) is 6.07 Å². The summed E-state index contributed by atoms with van der Waals surface area (Å²) in [6.07, 6.45) is -9.56. The summed E-state index contributed by atoms with van der Waals surface area (Å²) in [7, 11) is 0. The van der Waals surface area contributed by atoms with E-state index in [0.717, 1.165) is 0 Å². The maximum Gasteiger partial charge on any atom is 1.00 e. The Hall–Kier alpha value is -0.135. The zero-order chi connectivity index (χ0) is 11.0. The van der Waals surface area contributed by atoms with Gasteiger partial charge in [-0.2, -0.15) is 44.5 Å². The van der Waals surface area contributed by atoms with Crippen LogP contribution in [0.4, 0.5) is 26.3 Å². The Morgan fingerprint density at radius 3 is 1.38 bits per heavy atom. The zero-order valence-corrected chi connectivity index (χ0v) is 10.1. The van der Waals surface area contributed by atoms with Crippen LogP contribution in [0.3, 0.4) is 0 Å². The van der Waals surface area contributed by atoms with Crippen LogP contribution in [0.1, 0.15) is 11.1 Å². The quantitative estimate of drug-likeness (QED) is 0.347. The molecule has 0 N–H and O–H groups in total. The van der Waals surface area contributed by atoms with Gasteiger partial charge >= 0.3 is 41.9 Å². The van der Waals surface area contributed by atoms with Crippen LogP contribution >= 0.6 is 0 Å². The summed E-state index contributed by atoms with van der Waals surface area (Å²) in [6.45, 7) is 0. The third-order valence-electron chi connectivity index (χ3n) is 1.44. The van der Waals surface area contributed by atoms with Crippen LogP contribution < -0.4 is 29.6 Å². The van der Waals surface area contributed by atoms with Gasteiger partial charge in [-0.25, -0.2) is 0 Å². The molecule has 0 spiro atoms. The molecule has 0 aliphatic heterocycles. The molecule has 0 fully saturated rings. The van der Waals surface area contributed by atoms with E-state index in [0.29, 0.717) is 12.1 Å². The van der Waals surface area contributed by atoms with Gasteiger partial charge in [-0.1, -0.05) is 11.1 Å². The molecule has 0 aliphatic rings. The number of hydrogen-bond donors (Lipinski definition) is 0. The van der Waals surface area contributed by atoms with Crippen molar-refractivity contribution in [3.8, 4) is 0 Å². The number of hydrogen-bond acceptors (Lipinski definition) is 0. The minimum absolute atomic E-state index is 0. The van der Waals surface area contributed by atoms with Gasteiger partial charge in [0.2, 0.25) is 0 Å². The molecule has 0 atom stereocenters. The molecule has 0 aliphatic carbocycles. The first-order valence-electron chi connectivity index (χ1n) is 3.37. The van der Waals surface area contributed by atoms with Crippen molar-refractivity contribution in [3.63, 3.8) is 0 Å². The molecule has 1 rings (SSSR count). The molecule has 0 nitrogen and oxygen atoms in total. The third kappa shape index (κ3) is 4.80. The molecule has 0 bridgehead atoms. The Morgan fingerprint density at radius 1 is 0.812 bits per heavy atom. The molecule has 1 aromatic rings. The van der Waals surface area contributed by atoms with Crippen molar-refractivity contribution < 1.29 is 55.9 Å². The van der Waals surface area contributed by atoms with E-state index in [1.165, 1.54) is 0 Å². The molecule has 3 radical (unpaired) electrons. The molecule has 0 saturated carbocycles. The number of rotatable bonds is 0. The van der Waals surface area contributed by atoms with Gasteiger partial charge in [0, 0.05) is 8.41 Å². The van der Waals surface area contributed by atoms with E-state index in [9.17, 15) is 26.3 Å². The van der Waals surface area contributed by atoms with Gasteiger partial charge in [-0.05, 0) is 0 Å². The van der Waals surface area contributed by atoms with Gasteiger partial charge in [0.15, 0.2) is 0 Å². The molecule has 81 valence electrons. The summed E-state index contributed by atoms with van der Waals surface area (Å²) < 4.78 is 71.8. The number of benzene rings is 1. The third-order valence-corrected chi connectivity index (χ3v) is 1.44.